The highest BCUT2D eigenvalue weighted by atomic mass is 79.9. The van der Waals surface area contributed by atoms with Gasteiger partial charge in [-0.25, -0.2) is 0 Å². The molecule has 1 aromatic heterocycles. The van der Waals surface area contributed by atoms with Crippen molar-refractivity contribution >= 4 is 31.6 Å². The molecule has 0 atom stereocenters. The quantitative estimate of drug-likeness (QED) is 0.696. The lowest BCUT2D eigenvalue weighted by Gasteiger charge is -2.35. The van der Waals surface area contributed by atoms with Gasteiger partial charge in [-0.15, -0.1) is 0 Å². The molecule has 2 heteroatoms. The topological polar surface area (TPSA) is 12.9 Å². The maximum Gasteiger partial charge on any atom is 0.0350 e. The molecular formula is C21H16BrN. The summed E-state index contributed by atoms with van der Waals surface area (Å²) in [5.41, 5.74) is 8.55. The van der Waals surface area contributed by atoms with Gasteiger partial charge in [0, 0.05) is 27.5 Å². The molecule has 0 unspecified atom stereocenters. The summed E-state index contributed by atoms with van der Waals surface area (Å²) < 4.78 is 1.21. The molecule has 0 N–H and O–H groups in total. The summed E-state index contributed by atoms with van der Waals surface area (Å²) in [5.74, 6) is 0. The van der Waals surface area contributed by atoms with E-state index in [-0.39, 0.29) is 5.41 Å². The molecule has 0 saturated heterocycles. The molecule has 1 nitrogen and oxygen atoms in total. The molecule has 3 aliphatic carbocycles. The Bertz CT molecular complexity index is 1070. The second kappa shape index (κ2) is 4.33. The molecule has 0 aliphatic heterocycles. The molecular weight excluding hydrogens is 346 g/mol. The zero-order chi connectivity index (χ0) is 15.8. The van der Waals surface area contributed by atoms with Crippen LogP contribution in [0.15, 0.2) is 59.9 Å². The fourth-order valence-electron chi connectivity index (χ4n) is 4.54. The second-order valence-electron chi connectivity index (χ2n) is 7.03. The van der Waals surface area contributed by atoms with E-state index in [1.165, 1.54) is 48.3 Å². The molecule has 1 heterocycles. The van der Waals surface area contributed by atoms with E-state index in [0.29, 0.717) is 0 Å². The summed E-state index contributed by atoms with van der Waals surface area (Å²) >= 11 is 3.84. The molecule has 0 amide bonds. The van der Waals surface area contributed by atoms with Crippen molar-refractivity contribution in [2.45, 2.75) is 20.3 Å². The van der Waals surface area contributed by atoms with Gasteiger partial charge in [0.25, 0.3) is 0 Å². The van der Waals surface area contributed by atoms with E-state index in [1.807, 2.05) is 12.4 Å². The maximum absolute atomic E-state index is 4.38. The molecule has 112 valence electrons. The smallest absolute Gasteiger partial charge is 0.0350 e. The van der Waals surface area contributed by atoms with Crippen LogP contribution in [0.25, 0.3) is 15.6 Å². The van der Waals surface area contributed by atoms with Gasteiger partial charge in [-0.2, -0.15) is 0 Å². The van der Waals surface area contributed by atoms with E-state index in [4.69, 9.17) is 0 Å². The summed E-state index contributed by atoms with van der Waals surface area (Å²) in [6, 6.07) is 10.9. The Balaban J connectivity index is 1.89. The highest BCUT2D eigenvalue weighted by Crippen LogP contribution is 2.56. The van der Waals surface area contributed by atoms with Gasteiger partial charge in [0.15, 0.2) is 0 Å². The van der Waals surface area contributed by atoms with Crippen LogP contribution in [0, 0.1) is 5.41 Å². The first-order valence-corrected chi connectivity index (χ1v) is 8.77. The first-order valence-electron chi connectivity index (χ1n) is 7.98. The minimum Gasteiger partial charge on any atom is -0.264 e. The predicted molar refractivity (Wildman–Crippen MR) is 98.2 cm³/mol. The Hall–Kier alpha value is -1.93. The van der Waals surface area contributed by atoms with Gasteiger partial charge in [0.2, 0.25) is 0 Å². The van der Waals surface area contributed by atoms with Gasteiger partial charge in [-0.1, -0.05) is 38.1 Å². The van der Waals surface area contributed by atoms with Crippen molar-refractivity contribution in [3.63, 3.8) is 0 Å². The zero-order valence-corrected chi connectivity index (χ0v) is 14.7. The maximum atomic E-state index is 4.38. The molecule has 0 saturated carbocycles. The van der Waals surface area contributed by atoms with Gasteiger partial charge in [-0.3, -0.25) is 4.98 Å². The number of hydrogen-bond acceptors (Lipinski definition) is 1. The average molecular weight is 362 g/mol. The number of rotatable bonds is 0. The van der Waals surface area contributed by atoms with E-state index >= 15 is 0 Å². The van der Waals surface area contributed by atoms with Crippen LogP contribution in [0.3, 0.4) is 0 Å². The van der Waals surface area contributed by atoms with Crippen molar-refractivity contribution in [2.24, 2.45) is 5.41 Å². The van der Waals surface area contributed by atoms with E-state index in [0.717, 1.165) is 6.42 Å². The summed E-state index contributed by atoms with van der Waals surface area (Å²) in [6.45, 7) is 4.71. The van der Waals surface area contributed by atoms with Crippen molar-refractivity contribution in [3.8, 4) is 0 Å². The highest BCUT2D eigenvalue weighted by molar-refractivity contribution is 9.15. The SMILES string of the molecule is CC1(C)C2=C(C=C3C(Br)=c4ccncc4=C31)Cc1ccccc12. The van der Waals surface area contributed by atoms with Crippen molar-refractivity contribution in [1.82, 2.24) is 4.98 Å². The summed E-state index contributed by atoms with van der Waals surface area (Å²) in [4.78, 5) is 4.38. The third-order valence-electron chi connectivity index (χ3n) is 5.39. The number of benzene rings is 1. The van der Waals surface area contributed by atoms with Gasteiger partial charge < -0.3 is 0 Å². The Morgan fingerprint density at radius 1 is 1.04 bits per heavy atom. The van der Waals surface area contributed by atoms with Crippen LogP contribution in [-0.4, -0.2) is 4.98 Å². The van der Waals surface area contributed by atoms with Crippen molar-refractivity contribution in [2.75, 3.05) is 0 Å². The van der Waals surface area contributed by atoms with Crippen molar-refractivity contribution < 1.29 is 0 Å². The normalized spacial score (nSPS) is 20.0. The van der Waals surface area contributed by atoms with E-state index < -0.39 is 0 Å². The van der Waals surface area contributed by atoms with E-state index in [2.05, 4.69) is 71.2 Å². The summed E-state index contributed by atoms with van der Waals surface area (Å²) in [5, 5.41) is 2.54. The minimum absolute atomic E-state index is 0.0146. The molecule has 1 aromatic carbocycles. The van der Waals surface area contributed by atoms with Crippen LogP contribution in [0.1, 0.15) is 25.0 Å². The van der Waals surface area contributed by atoms with Crippen molar-refractivity contribution in [3.05, 3.63) is 81.5 Å². The molecule has 2 aromatic rings. The second-order valence-corrected chi connectivity index (χ2v) is 7.82. The number of hydrogen-bond donors (Lipinski definition) is 0. The molecule has 0 spiro atoms. The van der Waals surface area contributed by atoms with Crippen LogP contribution in [0.4, 0.5) is 0 Å². The van der Waals surface area contributed by atoms with Crippen molar-refractivity contribution in [1.29, 1.82) is 0 Å². The van der Waals surface area contributed by atoms with Crippen LogP contribution < -0.4 is 10.4 Å². The third kappa shape index (κ3) is 1.60. The Morgan fingerprint density at radius 2 is 1.87 bits per heavy atom. The minimum atomic E-state index is -0.0146. The van der Waals surface area contributed by atoms with E-state index in [9.17, 15) is 0 Å². The standard InChI is InChI=1S/C21H16BrN/c1-21(2)18-13(9-12-5-3-4-6-14(12)18)10-16-19(21)17-11-23-8-7-15(17)20(16)22/h3-8,10-11H,9H2,1-2H3. The van der Waals surface area contributed by atoms with Gasteiger partial charge in [0.1, 0.15) is 0 Å². The number of pyridine rings is 1. The molecule has 0 radical (unpaired) electrons. The fraction of sp³-hybridized carbons (Fsp3) is 0.190. The Labute approximate surface area is 143 Å². The van der Waals surface area contributed by atoms with Crippen LogP contribution >= 0.6 is 15.9 Å². The lowest BCUT2D eigenvalue weighted by molar-refractivity contribution is 0.666. The number of allylic oxidation sites excluding steroid dienone is 4. The predicted octanol–water partition coefficient (Wildman–Crippen LogP) is 3.73. The molecule has 23 heavy (non-hydrogen) atoms. The number of fused-ring (bicyclic) bond motifs is 4. The first kappa shape index (κ1) is 13.5. The number of halogens is 1. The van der Waals surface area contributed by atoms with E-state index in [1.54, 1.807) is 0 Å². The van der Waals surface area contributed by atoms with Gasteiger partial charge in [0.05, 0.1) is 0 Å². The molecule has 3 aliphatic rings. The van der Waals surface area contributed by atoms with Crippen LogP contribution in [0.5, 0.6) is 0 Å². The molecule has 5 rings (SSSR count). The Kier molecular flexibility index (Phi) is 2.54. The van der Waals surface area contributed by atoms with Crippen LogP contribution in [-0.2, 0) is 6.42 Å². The first-order chi connectivity index (χ1) is 11.1. The van der Waals surface area contributed by atoms with Gasteiger partial charge >= 0.3 is 0 Å². The fourth-order valence-corrected chi connectivity index (χ4v) is 5.20. The lowest BCUT2D eigenvalue weighted by Crippen LogP contribution is -2.30. The molecule has 0 fully saturated rings. The highest BCUT2D eigenvalue weighted by Gasteiger charge is 2.42. The number of aromatic nitrogens is 1. The zero-order valence-electron chi connectivity index (χ0n) is 13.2. The average Bonchev–Trinajstić information content (AvgIpc) is 3.05. The monoisotopic (exact) mass is 361 g/mol. The van der Waals surface area contributed by atoms with Gasteiger partial charge in [-0.05, 0) is 73.1 Å². The summed E-state index contributed by atoms with van der Waals surface area (Å²) in [6.07, 6.45) is 7.32. The third-order valence-corrected chi connectivity index (χ3v) is 6.24. The molecule has 0 bridgehead atoms. The van der Waals surface area contributed by atoms with Crippen LogP contribution in [0.2, 0.25) is 0 Å². The summed E-state index contributed by atoms with van der Waals surface area (Å²) in [7, 11) is 0. The number of nitrogens with zero attached hydrogens (tertiary/aromatic N) is 1. The largest absolute Gasteiger partial charge is 0.264 e. The lowest BCUT2D eigenvalue weighted by atomic mass is 9.69. The Morgan fingerprint density at radius 3 is 2.74 bits per heavy atom.